The normalized spacial score (nSPS) is 38.4. The number of fused-ring (bicyclic) bond motifs is 1. The highest BCUT2D eigenvalue weighted by Crippen LogP contribution is 2.64. The fourth-order valence-corrected chi connectivity index (χ4v) is 3.80. The average molecular weight is 294 g/mol. The fourth-order valence-electron chi connectivity index (χ4n) is 2.04. The van der Waals surface area contributed by atoms with Crippen LogP contribution in [0.5, 0.6) is 0 Å². The van der Waals surface area contributed by atoms with Crippen LogP contribution in [0.3, 0.4) is 0 Å². The van der Waals surface area contributed by atoms with Crippen LogP contribution >= 0.6 is 31.9 Å². The Bertz CT molecular complexity index is 234. The monoisotopic (exact) mass is 292 g/mol. The van der Waals surface area contributed by atoms with Crippen LogP contribution in [-0.2, 0) is 0 Å². The molecule has 2 fully saturated rings. The van der Waals surface area contributed by atoms with E-state index in [0.717, 1.165) is 19.0 Å². The van der Waals surface area contributed by atoms with Crippen LogP contribution in [0.2, 0.25) is 0 Å². The molecule has 0 N–H and O–H groups in total. The third-order valence-electron chi connectivity index (χ3n) is 2.87. The molecule has 1 heterocycles. The van der Waals surface area contributed by atoms with E-state index in [1.54, 1.807) is 0 Å². The van der Waals surface area contributed by atoms with Crippen LogP contribution in [0.15, 0.2) is 0 Å². The zero-order valence-electron chi connectivity index (χ0n) is 6.63. The van der Waals surface area contributed by atoms with Gasteiger partial charge in [-0.3, -0.25) is 4.90 Å². The minimum atomic E-state index is 0.199. The van der Waals surface area contributed by atoms with Gasteiger partial charge in [-0.2, -0.15) is 5.26 Å². The second kappa shape index (κ2) is 2.97. The van der Waals surface area contributed by atoms with Crippen molar-refractivity contribution in [1.29, 1.82) is 5.26 Å². The second-order valence-electron chi connectivity index (χ2n) is 3.57. The summed E-state index contributed by atoms with van der Waals surface area (Å²) in [5.41, 5.74) is 0. The molecule has 0 aromatic rings. The summed E-state index contributed by atoms with van der Waals surface area (Å²) in [6.45, 7) is 2.72. The average Bonchev–Trinajstić information content (AvgIpc) is 2.55. The van der Waals surface area contributed by atoms with Gasteiger partial charge in [0.05, 0.1) is 15.8 Å². The van der Waals surface area contributed by atoms with Crippen molar-refractivity contribution in [1.82, 2.24) is 4.90 Å². The van der Waals surface area contributed by atoms with Gasteiger partial charge in [-0.15, -0.1) is 0 Å². The lowest BCUT2D eigenvalue weighted by molar-refractivity contribution is 0.244. The summed E-state index contributed by atoms with van der Waals surface area (Å²) in [4.78, 5) is 2.23. The highest BCUT2D eigenvalue weighted by Gasteiger charge is 2.62. The Hall–Kier alpha value is 0.410. The van der Waals surface area contributed by atoms with Crippen molar-refractivity contribution in [2.24, 2.45) is 11.8 Å². The Morgan fingerprint density at radius 1 is 1.50 bits per heavy atom. The molecule has 2 rings (SSSR count). The number of alkyl halides is 2. The maximum absolute atomic E-state index is 8.53. The van der Waals surface area contributed by atoms with Crippen LogP contribution < -0.4 is 0 Å². The summed E-state index contributed by atoms with van der Waals surface area (Å²) in [6, 6.07) is 2.20. The van der Waals surface area contributed by atoms with Gasteiger partial charge in [-0.1, -0.05) is 31.9 Å². The van der Waals surface area contributed by atoms with Gasteiger partial charge in [0, 0.05) is 12.5 Å². The van der Waals surface area contributed by atoms with E-state index in [1.165, 1.54) is 6.42 Å². The van der Waals surface area contributed by atoms with E-state index in [0.29, 0.717) is 12.5 Å². The van der Waals surface area contributed by atoms with E-state index >= 15 is 0 Å². The molecule has 0 radical (unpaired) electrons. The molecule has 12 heavy (non-hydrogen) atoms. The topological polar surface area (TPSA) is 27.0 Å². The van der Waals surface area contributed by atoms with E-state index in [4.69, 9.17) is 5.26 Å². The molecule has 0 spiro atoms. The summed E-state index contributed by atoms with van der Waals surface area (Å²) in [6.07, 6.45) is 1.21. The Morgan fingerprint density at radius 3 is 2.83 bits per heavy atom. The van der Waals surface area contributed by atoms with E-state index < -0.39 is 0 Å². The van der Waals surface area contributed by atoms with E-state index in [1.807, 2.05) is 0 Å². The van der Waals surface area contributed by atoms with Crippen LogP contribution in [0, 0.1) is 23.2 Å². The van der Waals surface area contributed by atoms with Gasteiger partial charge in [0.15, 0.2) is 0 Å². The Morgan fingerprint density at radius 2 is 2.25 bits per heavy atom. The van der Waals surface area contributed by atoms with E-state index in [-0.39, 0.29) is 3.23 Å². The molecular weight excluding hydrogens is 284 g/mol. The summed E-state index contributed by atoms with van der Waals surface area (Å²) >= 11 is 7.33. The number of nitrogens with zero attached hydrogens (tertiary/aromatic N) is 2. The SMILES string of the molecule is N#CCN1CCC2C(C1)C2(Br)Br. The predicted octanol–water partition coefficient (Wildman–Crippen LogP) is 1.95. The van der Waals surface area contributed by atoms with Crippen molar-refractivity contribution in [3.8, 4) is 6.07 Å². The first-order valence-electron chi connectivity index (χ1n) is 4.13. The van der Waals surface area contributed by atoms with Crippen molar-refractivity contribution in [2.75, 3.05) is 19.6 Å². The van der Waals surface area contributed by atoms with Gasteiger partial charge in [0.1, 0.15) is 0 Å². The lowest BCUT2D eigenvalue weighted by Gasteiger charge is -2.22. The first-order valence-corrected chi connectivity index (χ1v) is 5.72. The minimum absolute atomic E-state index is 0.199. The Kier molecular flexibility index (Phi) is 2.22. The number of hydrogen-bond donors (Lipinski definition) is 0. The van der Waals surface area contributed by atoms with E-state index in [9.17, 15) is 0 Å². The first kappa shape index (κ1) is 8.98. The van der Waals surface area contributed by atoms with Gasteiger partial charge < -0.3 is 0 Å². The standard InChI is InChI=1S/C8H10Br2N2/c9-8(10)6-1-3-12(4-2-11)5-7(6)8/h6-7H,1,3-5H2. The molecule has 4 heteroatoms. The Balaban J connectivity index is 1.93. The van der Waals surface area contributed by atoms with Crippen molar-refractivity contribution in [2.45, 2.75) is 9.65 Å². The molecule has 1 saturated carbocycles. The molecule has 0 aromatic heterocycles. The number of piperidine rings is 1. The molecule has 0 aromatic carbocycles. The molecule has 66 valence electrons. The maximum atomic E-state index is 8.53. The molecule has 1 aliphatic carbocycles. The highest BCUT2D eigenvalue weighted by atomic mass is 79.9. The van der Waals surface area contributed by atoms with Gasteiger partial charge >= 0.3 is 0 Å². The smallest absolute Gasteiger partial charge is 0.0881 e. The number of likely N-dealkylation sites (tertiary alicyclic amines) is 1. The first-order chi connectivity index (χ1) is 5.66. The highest BCUT2D eigenvalue weighted by molar-refractivity contribution is 9.25. The van der Waals surface area contributed by atoms with Crippen molar-refractivity contribution < 1.29 is 0 Å². The molecular formula is C8H10Br2N2. The van der Waals surface area contributed by atoms with Gasteiger partial charge in [0.25, 0.3) is 0 Å². The van der Waals surface area contributed by atoms with Crippen LogP contribution in [0.25, 0.3) is 0 Å². The summed E-state index contributed by atoms with van der Waals surface area (Å²) < 4.78 is 0.199. The molecule has 0 bridgehead atoms. The summed E-state index contributed by atoms with van der Waals surface area (Å²) in [5.74, 6) is 1.49. The van der Waals surface area contributed by atoms with Crippen molar-refractivity contribution in [3.05, 3.63) is 0 Å². The minimum Gasteiger partial charge on any atom is -0.290 e. The van der Waals surface area contributed by atoms with Crippen LogP contribution in [0.4, 0.5) is 0 Å². The number of rotatable bonds is 1. The third kappa shape index (κ3) is 1.32. The summed E-state index contributed by atoms with van der Waals surface area (Å²) in [5, 5.41) is 8.53. The van der Waals surface area contributed by atoms with Gasteiger partial charge in [-0.05, 0) is 18.9 Å². The largest absolute Gasteiger partial charge is 0.290 e. The van der Waals surface area contributed by atoms with Crippen molar-refractivity contribution in [3.63, 3.8) is 0 Å². The van der Waals surface area contributed by atoms with Gasteiger partial charge in [0.2, 0.25) is 0 Å². The zero-order valence-corrected chi connectivity index (χ0v) is 9.81. The maximum Gasteiger partial charge on any atom is 0.0881 e. The molecule has 2 aliphatic rings. The van der Waals surface area contributed by atoms with E-state index in [2.05, 4.69) is 42.8 Å². The molecule has 2 nitrogen and oxygen atoms in total. The number of halogens is 2. The molecule has 1 aliphatic heterocycles. The van der Waals surface area contributed by atoms with Crippen LogP contribution in [-0.4, -0.2) is 27.8 Å². The second-order valence-corrected chi connectivity index (χ2v) is 7.26. The number of nitriles is 1. The lowest BCUT2D eigenvalue weighted by Crippen LogP contribution is -2.31. The summed E-state index contributed by atoms with van der Waals surface area (Å²) in [7, 11) is 0. The predicted molar refractivity (Wildman–Crippen MR) is 54.2 cm³/mol. The molecule has 2 atom stereocenters. The molecule has 1 saturated heterocycles. The lowest BCUT2D eigenvalue weighted by atomic mass is 10.1. The van der Waals surface area contributed by atoms with Crippen LogP contribution in [0.1, 0.15) is 6.42 Å². The molecule has 0 amide bonds. The zero-order chi connectivity index (χ0) is 8.77. The molecule has 2 unspecified atom stereocenters. The van der Waals surface area contributed by atoms with Gasteiger partial charge in [-0.25, -0.2) is 0 Å². The number of hydrogen-bond acceptors (Lipinski definition) is 2. The quantitative estimate of drug-likeness (QED) is 0.546. The van der Waals surface area contributed by atoms with Crippen molar-refractivity contribution >= 4 is 31.9 Å². The fraction of sp³-hybridized carbons (Fsp3) is 0.875. The Labute approximate surface area is 89.2 Å². The third-order valence-corrected chi connectivity index (χ3v) is 5.22.